The van der Waals surface area contributed by atoms with E-state index in [-0.39, 0.29) is 6.61 Å². The fourth-order valence-corrected chi connectivity index (χ4v) is 2.41. The van der Waals surface area contributed by atoms with Crippen molar-refractivity contribution in [3.63, 3.8) is 0 Å². The van der Waals surface area contributed by atoms with E-state index in [1.165, 1.54) is 18.4 Å². The predicted octanol–water partition coefficient (Wildman–Crippen LogP) is 2.62. The molecule has 0 fully saturated rings. The summed E-state index contributed by atoms with van der Waals surface area (Å²) in [7, 11) is 0. The van der Waals surface area contributed by atoms with Crippen molar-refractivity contribution in [1.29, 1.82) is 0 Å². The molecule has 0 bridgehead atoms. The van der Waals surface area contributed by atoms with Gasteiger partial charge in [-0.1, -0.05) is 17.3 Å². The maximum Gasteiger partial charge on any atom is 0.140 e. The molecule has 0 saturated heterocycles. The van der Waals surface area contributed by atoms with Crippen LogP contribution in [-0.4, -0.2) is 10.3 Å². The number of aliphatic hydroxyl groups excluding tert-OH is 1. The minimum atomic E-state index is 0.0527. The first kappa shape index (κ1) is 12.2. The number of aromatic nitrogens is 1. The van der Waals surface area contributed by atoms with Crippen LogP contribution >= 0.6 is 0 Å². The van der Waals surface area contributed by atoms with Gasteiger partial charge >= 0.3 is 0 Å². The maximum atomic E-state index is 8.98. The molecule has 0 unspecified atom stereocenters. The van der Waals surface area contributed by atoms with Gasteiger partial charge in [-0.05, 0) is 37.0 Å². The van der Waals surface area contributed by atoms with Gasteiger partial charge in [-0.15, -0.1) is 0 Å². The van der Waals surface area contributed by atoms with Gasteiger partial charge in [0.15, 0.2) is 0 Å². The van der Waals surface area contributed by atoms with E-state index in [9.17, 15) is 0 Å². The molecule has 0 spiro atoms. The van der Waals surface area contributed by atoms with Crippen molar-refractivity contribution >= 4 is 0 Å². The van der Waals surface area contributed by atoms with Gasteiger partial charge in [0.1, 0.15) is 23.8 Å². The molecule has 1 N–H and O–H groups in total. The predicted molar refractivity (Wildman–Crippen MR) is 69.8 cm³/mol. The van der Waals surface area contributed by atoms with Gasteiger partial charge in [-0.25, -0.2) is 0 Å². The highest BCUT2D eigenvalue weighted by Gasteiger charge is 2.19. The summed E-state index contributed by atoms with van der Waals surface area (Å²) < 4.78 is 11.1. The Kier molecular flexibility index (Phi) is 3.51. The van der Waals surface area contributed by atoms with E-state index in [1.807, 2.05) is 24.3 Å². The fraction of sp³-hybridized carbons (Fsp3) is 0.400. The summed E-state index contributed by atoms with van der Waals surface area (Å²) in [6.07, 6.45) is 4.42. The van der Waals surface area contributed by atoms with E-state index in [4.69, 9.17) is 14.4 Å². The monoisotopic (exact) mass is 259 g/mol. The van der Waals surface area contributed by atoms with Gasteiger partial charge in [-0.2, -0.15) is 0 Å². The van der Waals surface area contributed by atoms with Gasteiger partial charge in [-0.3, -0.25) is 0 Å². The van der Waals surface area contributed by atoms with Crippen LogP contribution in [0.15, 0.2) is 28.8 Å². The Hall–Kier alpha value is -1.81. The lowest BCUT2D eigenvalue weighted by Gasteiger charge is -2.10. The molecule has 1 aromatic heterocycles. The van der Waals surface area contributed by atoms with Gasteiger partial charge in [0.05, 0.1) is 6.61 Å². The number of aliphatic hydroxyl groups is 1. The van der Waals surface area contributed by atoms with E-state index in [2.05, 4.69) is 5.16 Å². The van der Waals surface area contributed by atoms with Crippen LogP contribution in [0, 0.1) is 0 Å². The molecule has 0 saturated carbocycles. The molecule has 2 aromatic rings. The van der Waals surface area contributed by atoms with Crippen LogP contribution in [0.1, 0.15) is 35.4 Å². The molecule has 4 heteroatoms. The van der Waals surface area contributed by atoms with E-state index in [0.29, 0.717) is 6.61 Å². The summed E-state index contributed by atoms with van der Waals surface area (Å²) in [6, 6.07) is 7.43. The largest absolute Gasteiger partial charge is 0.487 e. The van der Waals surface area contributed by atoms with Crippen molar-refractivity contribution in [2.45, 2.75) is 38.9 Å². The Morgan fingerprint density at radius 1 is 1.16 bits per heavy atom. The van der Waals surface area contributed by atoms with Crippen LogP contribution in [-0.2, 0) is 26.1 Å². The summed E-state index contributed by atoms with van der Waals surface area (Å²) >= 11 is 0. The molecule has 0 atom stereocenters. The number of nitrogens with zero attached hydrogens (tertiary/aromatic N) is 1. The summed E-state index contributed by atoms with van der Waals surface area (Å²) in [4.78, 5) is 0. The number of rotatable bonds is 4. The van der Waals surface area contributed by atoms with Crippen molar-refractivity contribution in [2.75, 3.05) is 0 Å². The van der Waals surface area contributed by atoms with Gasteiger partial charge in [0.2, 0.25) is 0 Å². The Labute approximate surface area is 112 Å². The topological polar surface area (TPSA) is 55.5 Å². The summed E-state index contributed by atoms with van der Waals surface area (Å²) in [5.74, 6) is 1.81. The van der Waals surface area contributed by atoms with Crippen molar-refractivity contribution in [1.82, 2.24) is 5.16 Å². The molecule has 1 aliphatic carbocycles. The molecule has 19 heavy (non-hydrogen) atoms. The number of ether oxygens (including phenoxy) is 1. The van der Waals surface area contributed by atoms with E-state index in [0.717, 1.165) is 35.6 Å². The minimum absolute atomic E-state index is 0.0527. The molecule has 100 valence electrons. The molecule has 0 aliphatic heterocycles. The smallest absolute Gasteiger partial charge is 0.140 e. The van der Waals surface area contributed by atoms with Gasteiger partial charge < -0.3 is 14.4 Å². The highest BCUT2D eigenvalue weighted by atomic mass is 16.5. The second-order valence-corrected chi connectivity index (χ2v) is 4.83. The van der Waals surface area contributed by atoms with Gasteiger partial charge in [0, 0.05) is 12.0 Å². The van der Waals surface area contributed by atoms with Crippen LogP contribution in [0.25, 0.3) is 0 Å². The standard InChI is InChI=1S/C15H17NO3/c17-9-11-5-7-12(8-6-11)18-10-14-13-3-1-2-4-15(13)19-16-14/h5-8,17H,1-4,9-10H2. The quantitative estimate of drug-likeness (QED) is 0.917. The molecule has 1 heterocycles. The van der Waals surface area contributed by atoms with Crippen molar-refractivity contribution in [3.05, 3.63) is 46.8 Å². The van der Waals surface area contributed by atoms with E-state index < -0.39 is 0 Å². The SMILES string of the molecule is OCc1ccc(OCc2noc3c2CCCC3)cc1. The maximum absolute atomic E-state index is 8.98. The van der Waals surface area contributed by atoms with E-state index >= 15 is 0 Å². The third-order valence-corrected chi connectivity index (χ3v) is 3.51. The Balaban J connectivity index is 1.66. The third kappa shape index (κ3) is 2.63. The van der Waals surface area contributed by atoms with Crippen LogP contribution in [0.4, 0.5) is 0 Å². The first-order valence-electron chi connectivity index (χ1n) is 6.65. The first-order chi connectivity index (χ1) is 9.36. The summed E-state index contributed by atoms with van der Waals surface area (Å²) in [5, 5.41) is 13.1. The molecule has 0 radical (unpaired) electrons. The second kappa shape index (κ2) is 5.45. The molecule has 0 amide bonds. The Morgan fingerprint density at radius 3 is 2.74 bits per heavy atom. The van der Waals surface area contributed by atoms with Crippen LogP contribution in [0.5, 0.6) is 5.75 Å². The minimum Gasteiger partial charge on any atom is -0.487 e. The van der Waals surface area contributed by atoms with Crippen molar-refractivity contribution in [3.8, 4) is 5.75 Å². The van der Waals surface area contributed by atoms with Crippen LogP contribution in [0.3, 0.4) is 0 Å². The van der Waals surface area contributed by atoms with Crippen LogP contribution in [0.2, 0.25) is 0 Å². The highest BCUT2D eigenvalue weighted by molar-refractivity contribution is 5.28. The Bertz CT molecular complexity index is 545. The highest BCUT2D eigenvalue weighted by Crippen LogP contribution is 2.25. The lowest BCUT2D eigenvalue weighted by molar-refractivity contribution is 0.279. The third-order valence-electron chi connectivity index (χ3n) is 3.51. The number of hydrogen-bond acceptors (Lipinski definition) is 4. The molecule has 1 aromatic carbocycles. The molecular weight excluding hydrogens is 242 g/mol. The van der Waals surface area contributed by atoms with Crippen LogP contribution < -0.4 is 4.74 Å². The number of hydrogen-bond donors (Lipinski definition) is 1. The average Bonchev–Trinajstić information content (AvgIpc) is 2.89. The number of benzene rings is 1. The molecule has 3 rings (SSSR count). The zero-order valence-corrected chi connectivity index (χ0v) is 10.8. The Morgan fingerprint density at radius 2 is 1.95 bits per heavy atom. The van der Waals surface area contributed by atoms with Gasteiger partial charge in [0.25, 0.3) is 0 Å². The first-order valence-corrected chi connectivity index (χ1v) is 6.65. The average molecular weight is 259 g/mol. The summed E-state index contributed by atoms with van der Waals surface area (Å²) in [5.41, 5.74) is 3.03. The molecular formula is C15H17NO3. The lowest BCUT2D eigenvalue weighted by Crippen LogP contribution is -2.04. The lowest BCUT2D eigenvalue weighted by atomic mass is 9.97. The van der Waals surface area contributed by atoms with E-state index in [1.54, 1.807) is 0 Å². The normalized spacial score (nSPS) is 14.2. The summed E-state index contributed by atoms with van der Waals surface area (Å²) in [6.45, 7) is 0.494. The molecule has 1 aliphatic rings. The molecule has 4 nitrogen and oxygen atoms in total. The number of fused-ring (bicyclic) bond motifs is 1. The van der Waals surface area contributed by atoms with Crippen molar-refractivity contribution < 1.29 is 14.4 Å². The second-order valence-electron chi connectivity index (χ2n) is 4.83. The zero-order chi connectivity index (χ0) is 13.1. The van der Waals surface area contributed by atoms with Crippen molar-refractivity contribution in [2.24, 2.45) is 0 Å². The zero-order valence-electron chi connectivity index (χ0n) is 10.8. The fourth-order valence-electron chi connectivity index (χ4n) is 2.41. The number of aryl methyl sites for hydroxylation is 1.